The SMILES string of the molecule is CN(C1CCOC1)C1CCCc2cc(O)ccc21. The van der Waals surface area contributed by atoms with E-state index >= 15 is 0 Å². The van der Waals surface area contributed by atoms with Crippen LogP contribution in [0.3, 0.4) is 0 Å². The van der Waals surface area contributed by atoms with E-state index in [2.05, 4.69) is 18.0 Å². The van der Waals surface area contributed by atoms with Crippen LogP contribution in [0.2, 0.25) is 0 Å². The van der Waals surface area contributed by atoms with Crippen LogP contribution < -0.4 is 0 Å². The second kappa shape index (κ2) is 4.90. The molecule has 1 saturated heterocycles. The summed E-state index contributed by atoms with van der Waals surface area (Å²) in [7, 11) is 2.21. The molecule has 0 aromatic heterocycles. The second-order valence-corrected chi connectivity index (χ2v) is 5.47. The molecule has 1 aliphatic heterocycles. The fraction of sp³-hybridized carbons (Fsp3) is 0.600. The topological polar surface area (TPSA) is 32.7 Å². The van der Waals surface area contributed by atoms with Crippen molar-refractivity contribution < 1.29 is 9.84 Å². The average molecular weight is 247 g/mol. The van der Waals surface area contributed by atoms with Crippen LogP contribution in [0.25, 0.3) is 0 Å². The summed E-state index contributed by atoms with van der Waals surface area (Å²) < 4.78 is 5.49. The maximum atomic E-state index is 9.59. The molecule has 1 aromatic carbocycles. The fourth-order valence-corrected chi connectivity index (χ4v) is 3.30. The van der Waals surface area contributed by atoms with E-state index in [9.17, 15) is 5.11 Å². The van der Waals surface area contributed by atoms with Gasteiger partial charge in [-0.3, -0.25) is 4.90 Å². The number of hydrogen-bond acceptors (Lipinski definition) is 3. The minimum absolute atomic E-state index is 0.390. The number of phenolic OH excluding ortho intramolecular Hbond substituents is 1. The van der Waals surface area contributed by atoms with Crippen LogP contribution in [0, 0.1) is 0 Å². The maximum absolute atomic E-state index is 9.59. The lowest BCUT2D eigenvalue weighted by Crippen LogP contribution is -2.37. The van der Waals surface area contributed by atoms with Crippen molar-refractivity contribution in [1.82, 2.24) is 4.90 Å². The van der Waals surface area contributed by atoms with E-state index in [0.717, 1.165) is 26.1 Å². The summed E-state index contributed by atoms with van der Waals surface area (Å²) in [6.45, 7) is 1.75. The fourth-order valence-electron chi connectivity index (χ4n) is 3.30. The third-order valence-corrected chi connectivity index (χ3v) is 4.38. The quantitative estimate of drug-likeness (QED) is 0.871. The molecule has 1 fully saturated rings. The van der Waals surface area contributed by atoms with Crippen molar-refractivity contribution in [3.8, 4) is 5.75 Å². The van der Waals surface area contributed by atoms with E-state index in [-0.39, 0.29) is 0 Å². The standard InChI is InChI=1S/C15H21NO2/c1-16(12-7-8-18-10-12)15-4-2-3-11-9-13(17)5-6-14(11)15/h5-6,9,12,15,17H,2-4,7-8,10H2,1H3. The van der Waals surface area contributed by atoms with Gasteiger partial charge in [0.1, 0.15) is 5.75 Å². The molecule has 3 heteroatoms. The van der Waals surface area contributed by atoms with Gasteiger partial charge in [0.15, 0.2) is 0 Å². The Hall–Kier alpha value is -1.06. The highest BCUT2D eigenvalue weighted by Gasteiger charge is 2.30. The van der Waals surface area contributed by atoms with Crippen LogP contribution in [0.1, 0.15) is 36.4 Å². The molecule has 0 bridgehead atoms. The smallest absolute Gasteiger partial charge is 0.115 e. The first-order valence-electron chi connectivity index (χ1n) is 6.87. The summed E-state index contributed by atoms with van der Waals surface area (Å²) in [4.78, 5) is 2.47. The Labute approximate surface area is 108 Å². The van der Waals surface area contributed by atoms with Gasteiger partial charge in [-0.1, -0.05) is 6.07 Å². The number of rotatable bonds is 2. The number of nitrogens with zero attached hydrogens (tertiary/aromatic N) is 1. The normalized spacial score (nSPS) is 27.4. The number of phenols is 1. The summed E-state index contributed by atoms with van der Waals surface area (Å²) in [5, 5.41) is 9.59. The Kier molecular flexibility index (Phi) is 3.27. The number of benzene rings is 1. The summed E-state index contributed by atoms with van der Waals surface area (Å²) >= 11 is 0. The zero-order valence-electron chi connectivity index (χ0n) is 10.9. The summed E-state index contributed by atoms with van der Waals surface area (Å²) in [6, 6.07) is 6.88. The van der Waals surface area contributed by atoms with Gasteiger partial charge in [-0.05, 0) is 56.0 Å². The number of aryl methyl sites for hydroxylation is 1. The van der Waals surface area contributed by atoms with E-state index in [4.69, 9.17) is 4.74 Å². The van der Waals surface area contributed by atoms with Crippen LogP contribution in [0.4, 0.5) is 0 Å². The van der Waals surface area contributed by atoms with Crippen molar-refractivity contribution >= 4 is 0 Å². The first-order valence-corrected chi connectivity index (χ1v) is 6.87. The molecule has 1 aliphatic carbocycles. The zero-order chi connectivity index (χ0) is 12.5. The van der Waals surface area contributed by atoms with Gasteiger partial charge < -0.3 is 9.84 Å². The molecule has 0 radical (unpaired) electrons. The summed E-state index contributed by atoms with van der Waals surface area (Å²) in [5.74, 6) is 0.390. The summed E-state index contributed by atoms with van der Waals surface area (Å²) in [5.41, 5.74) is 2.71. The molecule has 1 N–H and O–H groups in total. The highest BCUT2D eigenvalue weighted by molar-refractivity contribution is 5.38. The third kappa shape index (κ3) is 2.13. The monoisotopic (exact) mass is 247 g/mol. The van der Waals surface area contributed by atoms with Crippen molar-refractivity contribution in [3.05, 3.63) is 29.3 Å². The highest BCUT2D eigenvalue weighted by Crippen LogP contribution is 2.36. The second-order valence-electron chi connectivity index (χ2n) is 5.47. The molecule has 0 spiro atoms. The molecule has 0 saturated carbocycles. The predicted molar refractivity (Wildman–Crippen MR) is 70.8 cm³/mol. The van der Waals surface area contributed by atoms with Gasteiger partial charge in [0, 0.05) is 18.7 Å². The number of fused-ring (bicyclic) bond motifs is 1. The Morgan fingerprint density at radius 2 is 2.22 bits per heavy atom. The minimum atomic E-state index is 0.390. The highest BCUT2D eigenvalue weighted by atomic mass is 16.5. The van der Waals surface area contributed by atoms with Crippen molar-refractivity contribution in [1.29, 1.82) is 0 Å². The molecule has 18 heavy (non-hydrogen) atoms. The number of hydrogen-bond donors (Lipinski definition) is 1. The number of aromatic hydroxyl groups is 1. The van der Waals surface area contributed by atoms with Gasteiger partial charge in [-0.25, -0.2) is 0 Å². The van der Waals surface area contributed by atoms with Crippen LogP contribution in [-0.4, -0.2) is 36.3 Å². The molecule has 98 valence electrons. The van der Waals surface area contributed by atoms with Crippen LogP contribution in [-0.2, 0) is 11.2 Å². The van der Waals surface area contributed by atoms with Crippen molar-refractivity contribution in [2.75, 3.05) is 20.3 Å². The van der Waals surface area contributed by atoms with Crippen molar-refractivity contribution in [2.24, 2.45) is 0 Å². The largest absolute Gasteiger partial charge is 0.508 e. The lowest BCUT2D eigenvalue weighted by Gasteiger charge is -2.36. The third-order valence-electron chi connectivity index (χ3n) is 4.38. The van der Waals surface area contributed by atoms with E-state index in [1.54, 1.807) is 0 Å². The molecule has 2 unspecified atom stereocenters. The molecule has 3 nitrogen and oxygen atoms in total. The predicted octanol–water partition coefficient (Wildman–Crippen LogP) is 2.49. The van der Waals surface area contributed by atoms with E-state index < -0.39 is 0 Å². The molecular formula is C15H21NO2. The zero-order valence-corrected chi connectivity index (χ0v) is 10.9. The first kappa shape index (κ1) is 12.0. The van der Waals surface area contributed by atoms with Gasteiger partial charge in [-0.15, -0.1) is 0 Å². The Balaban J connectivity index is 1.86. The Morgan fingerprint density at radius 3 is 3.00 bits per heavy atom. The molecular weight excluding hydrogens is 226 g/mol. The van der Waals surface area contributed by atoms with Gasteiger partial charge in [-0.2, -0.15) is 0 Å². The Bertz CT molecular complexity index is 427. The lowest BCUT2D eigenvalue weighted by atomic mass is 9.86. The van der Waals surface area contributed by atoms with Gasteiger partial charge in [0.05, 0.1) is 6.61 Å². The summed E-state index contributed by atoms with van der Waals surface area (Å²) in [6.07, 6.45) is 4.65. The number of ether oxygens (including phenoxy) is 1. The molecule has 1 aromatic rings. The maximum Gasteiger partial charge on any atom is 0.115 e. The van der Waals surface area contributed by atoms with Crippen molar-refractivity contribution in [3.63, 3.8) is 0 Å². The first-order chi connectivity index (χ1) is 8.75. The average Bonchev–Trinajstić information content (AvgIpc) is 2.90. The van der Waals surface area contributed by atoms with Crippen molar-refractivity contribution in [2.45, 2.75) is 37.8 Å². The van der Waals surface area contributed by atoms with E-state index in [1.807, 2.05) is 12.1 Å². The van der Waals surface area contributed by atoms with Crippen LogP contribution in [0.15, 0.2) is 18.2 Å². The van der Waals surface area contributed by atoms with E-state index in [1.165, 1.54) is 24.0 Å². The molecule has 3 rings (SSSR count). The number of likely N-dealkylation sites (N-methyl/N-ethyl adjacent to an activating group) is 1. The molecule has 0 amide bonds. The van der Waals surface area contributed by atoms with Gasteiger partial charge in [0.2, 0.25) is 0 Å². The van der Waals surface area contributed by atoms with Crippen LogP contribution in [0.5, 0.6) is 5.75 Å². The molecule has 1 heterocycles. The molecule has 2 aliphatic rings. The van der Waals surface area contributed by atoms with E-state index in [0.29, 0.717) is 17.8 Å². The minimum Gasteiger partial charge on any atom is -0.508 e. The van der Waals surface area contributed by atoms with Gasteiger partial charge >= 0.3 is 0 Å². The Morgan fingerprint density at radius 1 is 1.33 bits per heavy atom. The molecule has 2 atom stereocenters. The van der Waals surface area contributed by atoms with Gasteiger partial charge in [0.25, 0.3) is 0 Å². The lowest BCUT2D eigenvalue weighted by molar-refractivity contribution is 0.124. The van der Waals surface area contributed by atoms with Crippen LogP contribution >= 0.6 is 0 Å².